The molecule has 0 bridgehead atoms. The minimum absolute atomic E-state index is 0.195. The van der Waals surface area contributed by atoms with Crippen LogP contribution < -0.4 is 0 Å². The number of halogens is 1. The summed E-state index contributed by atoms with van der Waals surface area (Å²) in [6.07, 6.45) is 0. The molecule has 0 aliphatic carbocycles. The molecule has 0 aliphatic rings. The van der Waals surface area contributed by atoms with Crippen molar-refractivity contribution in [2.24, 2.45) is 0 Å². The maximum atomic E-state index is 12.9. The van der Waals surface area contributed by atoms with Crippen LogP contribution in [0.4, 0.5) is 4.39 Å². The Hall–Kier alpha value is -1.45. The van der Waals surface area contributed by atoms with E-state index in [1.807, 2.05) is 20.8 Å². The number of hydrogen-bond acceptors (Lipinski definition) is 2. The van der Waals surface area contributed by atoms with Crippen LogP contribution in [0.15, 0.2) is 12.1 Å². The lowest BCUT2D eigenvalue weighted by molar-refractivity contribution is 0.532. The quantitative estimate of drug-likeness (QED) is 0.651. The van der Waals surface area contributed by atoms with E-state index in [0.29, 0.717) is 5.65 Å². The highest BCUT2D eigenvalue weighted by atomic mass is 19.1. The molecule has 0 saturated heterocycles. The van der Waals surface area contributed by atoms with Crippen molar-refractivity contribution in [2.75, 3.05) is 0 Å². The molecule has 3 nitrogen and oxygen atoms in total. The molecule has 0 aromatic carbocycles. The Morgan fingerprint density at radius 3 is 2.71 bits per heavy atom. The molecule has 0 amide bonds. The Bertz CT molecular complexity index is 473. The lowest BCUT2D eigenvalue weighted by Crippen LogP contribution is -2.04. The molecule has 2 aromatic heterocycles. The third kappa shape index (κ3) is 1.27. The molecule has 0 N–H and O–H groups in total. The summed E-state index contributed by atoms with van der Waals surface area (Å²) in [5.74, 6) is -0.459. The van der Waals surface area contributed by atoms with E-state index in [0.717, 1.165) is 11.1 Å². The molecule has 2 heterocycles. The number of rotatable bonds is 1. The Morgan fingerprint density at radius 1 is 1.36 bits per heavy atom. The van der Waals surface area contributed by atoms with Gasteiger partial charge in [0.25, 0.3) is 0 Å². The second-order valence-electron chi connectivity index (χ2n) is 3.63. The molecule has 0 fully saturated rings. The first kappa shape index (κ1) is 9.12. The van der Waals surface area contributed by atoms with Crippen LogP contribution in [0.1, 0.15) is 25.6 Å². The molecule has 74 valence electrons. The average molecular weight is 193 g/mol. The zero-order valence-corrected chi connectivity index (χ0v) is 8.45. The largest absolute Gasteiger partial charge is 0.244 e. The normalized spacial score (nSPS) is 11.5. The van der Waals surface area contributed by atoms with Gasteiger partial charge < -0.3 is 0 Å². The summed E-state index contributed by atoms with van der Waals surface area (Å²) >= 11 is 0. The minimum atomic E-state index is -0.459. The van der Waals surface area contributed by atoms with Crippen LogP contribution in [-0.2, 0) is 0 Å². The van der Waals surface area contributed by atoms with Gasteiger partial charge in [-0.25, -0.2) is 4.68 Å². The predicted octanol–water partition coefficient (Wildman–Crippen LogP) is 2.46. The zero-order chi connectivity index (χ0) is 10.3. The van der Waals surface area contributed by atoms with Crippen LogP contribution in [-0.4, -0.2) is 14.8 Å². The minimum Gasteiger partial charge on any atom is -0.244 e. The summed E-state index contributed by atoms with van der Waals surface area (Å²) in [5.41, 5.74) is 1.51. The summed E-state index contributed by atoms with van der Waals surface area (Å²) in [6.45, 7) is 5.90. The van der Waals surface area contributed by atoms with Crippen LogP contribution in [0.3, 0.4) is 0 Å². The van der Waals surface area contributed by atoms with Gasteiger partial charge in [-0.3, -0.25) is 0 Å². The van der Waals surface area contributed by atoms with E-state index in [-0.39, 0.29) is 6.04 Å². The number of fused-ring (bicyclic) bond motifs is 1. The zero-order valence-electron chi connectivity index (χ0n) is 8.45. The monoisotopic (exact) mass is 193 g/mol. The lowest BCUT2D eigenvalue weighted by atomic mass is 10.3. The van der Waals surface area contributed by atoms with Gasteiger partial charge in [0.15, 0.2) is 5.65 Å². The number of hydrogen-bond donors (Lipinski definition) is 0. The van der Waals surface area contributed by atoms with Gasteiger partial charge >= 0.3 is 0 Å². The fourth-order valence-electron chi connectivity index (χ4n) is 1.51. The van der Waals surface area contributed by atoms with Crippen LogP contribution in [0.5, 0.6) is 0 Å². The fourth-order valence-corrected chi connectivity index (χ4v) is 1.51. The van der Waals surface area contributed by atoms with Crippen LogP contribution in [0.25, 0.3) is 11.0 Å². The molecule has 0 atom stereocenters. The van der Waals surface area contributed by atoms with Gasteiger partial charge in [0.1, 0.15) is 0 Å². The average Bonchev–Trinajstić information content (AvgIpc) is 2.43. The molecular weight excluding hydrogens is 181 g/mol. The predicted molar refractivity (Wildman–Crippen MR) is 52.6 cm³/mol. The first-order valence-corrected chi connectivity index (χ1v) is 4.61. The number of pyridine rings is 1. The summed E-state index contributed by atoms with van der Waals surface area (Å²) < 4.78 is 14.7. The fraction of sp³-hybridized carbons (Fsp3) is 0.400. The molecule has 0 spiro atoms. The topological polar surface area (TPSA) is 30.7 Å². The molecule has 4 heteroatoms. The van der Waals surface area contributed by atoms with E-state index in [4.69, 9.17) is 0 Å². The van der Waals surface area contributed by atoms with E-state index in [1.54, 1.807) is 10.7 Å². The summed E-state index contributed by atoms with van der Waals surface area (Å²) in [5, 5.41) is 5.23. The molecule has 14 heavy (non-hydrogen) atoms. The Kier molecular flexibility index (Phi) is 1.98. The third-order valence-corrected chi connectivity index (χ3v) is 2.19. The van der Waals surface area contributed by atoms with Gasteiger partial charge in [-0.1, -0.05) is 0 Å². The first-order chi connectivity index (χ1) is 6.59. The molecule has 0 unspecified atom stereocenters. The van der Waals surface area contributed by atoms with Gasteiger partial charge in [-0.2, -0.15) is 14.5 Å². The highest BCUT2D eigenvalue weighted by Gasteiger charge is 2.11. The Balaban J connectivity index is 2.79. The van der Waals surface area contributed by atoms with E-state index in [2.05, 4.69) is 10.1 Å². The van der Waals surface area contributed by atoms with Crippen molar-refractivity contribution in [3.05, 3.63) is 23.8 Å². The summed E-state index contributed by atoms with van der Waals surface area (Å²) in [4.78, 5) is 3.85. The number of nitrogens with zero attached hydrogens (tertiary/aromatic N) is 3. The van der Waals surface area contributed by atoms with Crippen molar-refractivity contribution >= 4 is 11.0 Å². The molecule has 0 radical (unpaired) electrons. The molecular formula is C10H12FN3. The maximum absolute atomic E-state index is 12.9. The van der Waals surface area contributed by atoms with Crippen LogP contribution >= 0.6 is 0 Å². The standard InChI is InChI=1S/C10H12FN3/c1-6(2)14-10-8(7(3)13-14)4-5-9(11)12-10/h4-6H,1-3H3. The maximum Gasteiger partial charge on any atom is 0.214 e. The molecule has 0 saturated carbocycles. The van der Waals surface area contributed by atoms with Crippen molar-refractivity contribution in [3.63, 3.8) is 0 Å². The Labute approximate surface area is 81.6 Å². The van der Waals surface area contributed by atoms with Crippen molar-refractivity contribution in [3.8, 4) is 0 Å². The number of aromatic nitrogens is 3. The Morgan fingerprint density at radius 2 is 2.07 bits per heavy atom. The first-order valence-electron chi connectivity index (χ1n) is 4.61. The second kappa shape index (κ2) is 3.04. The summed E-state index contributed by atoms with van der Waals surface area (Å²) in [6, 6.07) is 3.28. The van der Waals surface area contributed by atoms with Crippen molar-refractivity contribution in [2.45, 2.75) is 26.8 Å². The van der Waals surface area contributed by atoms with Gasteiger partial charge in [-0.15, -0.1) is 0 Å². The molecule has 2 rings (SSSR count). The molecule has 2 aromatic rings. The molecule has 0 aliphatic heterocycles. The van der Waals surface area contributed by atoms with Crippen LogP contribution in [0.2, 0.25) is 0 Å². The van der Waals surface area contributed by atoms with Crippen molar-refractivity contribution in [1.29, 1.82) is 0 Å². The highest BCUT2D eigenvalue weighted by Crippen LogP contribution is 2.19. The van der Waals surface area contributed by atoms with Crippen LogP contribution in [0, 0.1) is 12.9 Å². The van der Waals surface area contributed by atoms with E-state index >= 15 is 0 Å². The van der Waals surface area contributed by atoms with Gasteiger partial charge in [0.2, 0.25) is 5.95 Å². The SMILES string of the molecule is Cc1nn(C(C)C)c2nc(F)ccc12. The smallest absolute Gasteiger partial charge is 0.214 e. The van der Waals surface area contributed by atoms with E-state index < -0.39 is 5.95 Å². The van der Waals surface area contributed by atoms with Gasteiger partial charge in [0, 0.05) is 11.4 Å². The van der Waals surface area contributed by atoms with E-state index in [9.17, 15) is 4.39 Å². The number of aryl methyl sites for hydroxylation is 1. The third-order valence-electron chi connectivity index (χ3n) is 2.19. The van der Waals surface area contributed by atoms with Gasteiger partial charge in [0.05, 0.1) is 5.69 Å². The van der Waals surface area contributed by atoms with E-state index in [1.165, 1.54) is 6.07 Å². The second-order valence-corrected chi connectivity index (χ2v) is 3.63. The van der Waals surface area contributed by atoms with Crippen molar-refractivity contribution < 1.29 is 4.39 Å². The van der Waals surface area contributed by atoms with Gasteiger partial charge in [-0.05, 0) is 32.9 Å². The highest BCUT2D eigenvalue weighted by molar-refractivity contribution is 5.77. The lowest BCUT2D eigenvalue weighted by Gasteiger charge is -2.05. The van der Waals surface area contributed by atoms with Crippen molar-refractivity contribution in [1.82, 2.24) is 14.8 Å². The summed E-state index contributed by atoms with van der Waals surface area (Å²) in [7, 11) is 0.